The summed E-state index contributed by atoms with van der Waals surface area (Å²) >= 11 is 0. The molecule has 1 saturated heterocycles. The van der Waals surface area contributed by atoms with E-state index in [1.54, 1.807) is 34.3 Å². The molecule has 6 nitrogen and oxygen atoms in total. The van der Waals surface area contributed by atoms with Gasteiger partial charge in [0.15, 0.2) is 0 Å². The molecule has 25 heavy (non-hydrogen) atoms. The van der Waals surface area contributed by atoms with E-state index in [1.165, 1.54) is 6.92 Å². The zero-order chi connectivity index (χ0) is 17.4. The minimum Gasteiger partial charge on any atom is -0.487 e. The zero-order valence-corrected chi connectivity index (χ0v) is 14.0. The number of ether oxygens (including phenoxy) is 1. The summed E-state index contributed by atoms with van der Waals surface area (Å²) in [5.41, 5.74) is 1.89. The van der Waals surface area contributed by atoms with Gasteiger partial charge < -0.3 is 9.64 Å². The first-order valence-corrected chi connectivity index (χ1v) is 8.36. The standard InChI is InChI=1S/C19H19N3O3/c1-13(23)22-17-5-3-2-4-14(17)10-18(22)19(24)21-11-16(12-21)25-15-6-8-20-9-7-15/h2-9,16,18H,10-12H2,1H3/t18-/m0/s1. The van der Waals surface area contributed by atoms with Crippen molar-refractivity contribution in [2.75, 3.05) is 18.0 Å². The molecular weight excluding hydrogens is 318 g/mol. The normalized spacial score (nSPS) is 19.3. The van der Waals surface area contributed by atoms with Gasteiger partial charge in [-0.05, 0) is 23.8 Å². The number of carbonyl (C=O) groups is 2. The van der Waals surface area contributed by atoms with E-state index in [2.05, 4.69) is 4.98 Å². The Labute approximate surface area is 146 Å². The summed E-state index contributed by atoms with van der Waals surface area (Å²) in [6.45, 7) is 2.59. The molecule has 0 bridgehead atoms. The number of pyridine rings is 1. The Bertz CT molecular complexity index is 803. The van der Waals surface area contributed by atoms with Crippen LogP contribution >= 0.6 is 0 Å². The van der Waals surface area contributed by atoms with Gasteiger partial charge in [-0.15, -0.1) is 0 Å². The maximum absolute atomic E-state index is 12.9. The maximum Gasteiger partial charge on any atom is 0.246 e. The minimum atomic E-state index is -0.447. The quantitative estimate of drug-likeness (QED) is 0.854. The largest absolute Gasteiger partial charge is 0.487 e. The fraction of sp³-hybridized carbons (Fsp3) is 0.316. The highest BCUT2D eigenvalue weighted by Crippen LogP contribution is 2.33. The van der Waals surface area contributed by atoms with Gasteiger partial charge in [-0.25, -0.2) is 0 Å². The van der Waals surface area contributed by atoms with Gasteiger partial charge in [-0.2, -0.15) is 0 Å². The first-order chi connectivity index (χ1) is 12.1. The highest BCUT2D eigenvalue weighted by Gasteiger charge is 2.42. The molecule has 2 aliphatic rings. The maximum atomic E-state index is 12.9. The van der Waals surface area contributed by atoms with Crippen molar-refractivity contribution in [2.45, 2.75) is 25.5 Å². The highest BCUT2D eigenvalue weighted by molar-refractivity contribution is 6.02. The Morgan fingerprint density at radius 3 is 2.56 bits per heavy atom. The third-order valence-corrected chi connectivity index (χ3v) is 4.71. The van der Waals surface area contributed by atoms with Gasteiger partial charge in [-0.3, -0.25) is 19.5 Å². The SMILES string of the molecule is CC(=O)N1c2ccccc2C[C@H]1C(=O)N1CC(Oc2ccncc2)C1. The van der Waals surface area contributed by atoms with Crippen molar-refractivity contribution < 1.29 is 14.3 Å². The second kappa shape index (κ2) is 6.20. The molecule has 1 fully saturated rings. The Morgan fingerprint density at radius 2 is 1.84 bits per heavy atom. The van der Waals surface area contributed by atoms with Gasteiger partial charge in [0.1, 0.15) is 17.9 Å². The Kier molecular flexibility index (Phi) is 3.87. The van der Waals surface area contributed by atoms with E-state index in [4.69, 9.17) is 4.74 Å². The zero-order valence-electron chi connectivity index (χ0n) is 14.0. The third kappa shape index (κ3) is 2.84. The molecular formula is C19H19N3O3. The molecule has 1 aromatic heterocycles. The van der Waals surface area contributed by atoms with Gasteiger partial charge in [0.2, 0.25) is 11.8 Å². The van der Waals surface area contributed by atoms with Crippen molar-refractivity contribution in [3.63, 3.8) is 0 Å². The number of amides is 2. The number of hydrogen-bond donors (Lipinski definition) is 0. The first kappa shape index (κ1) is 15.6. The van der Waals surface area contributed by atoms with Crippen LogP contribution in [0.15, 0.2) is 48.8 Å². The Balaban J connectivity index is 1.42. The van der Waals surface area contributed by atoms with Crippen LogP contribution < -0.4 is 9.64 Å². The Hall–Kier alpha value is -2.89. The number of hydrogen-bond acceptors (Lipinski definition) is 4. The summed E-state index contributed by atoms with van der Waals surface area (Å²) in [6.07, 6.45) is 3.91. The van der Waals surface area contributed by atoms with Crippen LogP contribution in [-0.4, -0.2) is 46.9 Å². The number of nitrogens with zero attached hydrogens (tertiary/aromatic N) is 3. The van der Waals surface area contributed by atoms with Crippen LogP contribution in [0.3, 0.4) is 0 Å². The molecule has 0 unspecified atom stereocenters. The molecule has 2 aliphatic heterocycles. The van der Waals surface area contributed by atoms with Gasteiger partial charge in [-0.1, -0.05) is 18.2 Å². The lowest BCUT2D eigenvalue weighted by Crippen LogP contribution is -2.61. The molecule has 6 heteroatoms. The van der Waals surface area contributed by atoms with Crippen LogP contribution in [0, 0.1) is 0 Å². The van der Waals surface area contributed by atoms with E-state index in [0.29, 0.717) is 19.5 Å². The van der Waals surface area contributed by atoms with E-state index in [9.17, 15) is 9.59 Å². The molecule has 2 amide bonds. The smallest absolute Gasteiger partial charge is 0.246 e. The summed E-state index contributed by atoms with van der Waals surface area (Å²) in [5, 5.41) is 0. The molecule has 0 N–H and O–H groups in total. The lowest BCUT2D eigenvalue weighted by atomic mass is 10.1. The van der Waals surface area contributed by atoms with E-state index < -0.39 is 6.04 Å². The summed E-state index contributed by atoms with van der Waals surface area (Å²) in [4.78, 5) is 32.3. The molecule has 128 valence electrons. The molecule has 1 atom stereocenters. The summed E-state index contributed by atoms with van der Waals surface area (Å²) in [7, 11) is 0. The lowest BCUT2D eigenvalue weighted by Gasteiger charge is -2.41. The molecule has 0 aliphatic carbocycles. The summed E-state index contributed by atoms with van der Waals surface area (Å²) in [6, 6.07) is 10.9. The molecule has 2 aromatic rings. The highest BCUT2D eigenvalue weighted by atomic mass is 16.5. The number of benzene rings is 1. The van der Waals surface area contributed by atoms with Crippen molar-refractivity contribution in [1.82, 2.24) is 9.88 Å². The van der Waals surface area contributed by atoms with Crippen molar-refractivity contribution >= 4 is 17.5 Å². The molecule has 0 spiro atoms. The number of para-hydroxylation sites is 1. The van der Waals surface area contributed by atoms with E-state index in [1.807, 2.05) is 24.3 Å². The van der Waals surface area contributed by atoms with Crippen molar-refractivity contribution in [1.29, 1.82) is 0 Å². The second-order valence-corrected chi connectivity index (χ2v) is 6.40. The van der Waals surface area contributed by atoms with Gasteiger partial charge in [0.25, 0.3) is 0 Å². The van der Waals surface area contributed by atoms with Crippen LogP contribution in [-0.2, 0) is 16.0 Å². The van der Waals surface area contributed by atoms with Crippen LogP contribution in [0.2, 0.25) is 0 Å². The monoisotopic (exact) mass is 337 g/mol. The molecule has 0 radical (unpaired) electrons. The number of rotatable bonds is 3. The predicted molar refractivity (Wildman–Crippen MR) is 92.3 cm³/mol. The van der Waals surface area contributed by atoms with E-state index >= 15 is 0 Å². The fourth-order valence-corrected chi connectivity index (χ4v) is 3.49. The van der Waals surface area contributed by atoms with Crippen molar-refractivity contribution in [2.24, 2.45) is 0 Å². The van der Waals surface area contributed by atoms with Crippen LogP contribution in [0.4, 0.5) is 5.69 Å². The second-order valence-electron chi connectivity index (χ2n) is 6.40. The third-order valence-electron chi connectivity index (χ3n) is 4.71. The van der Waals surface area contributed by atoms with Crippen LogP contribution in [0.25, 0.3) is 0 Å². The minimum absolute atomic E-state index is 0.0130. The summed E-state index contributed by atoms with van der Waals surface area (Å²) in [5.74, 6) is 0.639. The number of fused-ring (bicyclic) bond motifs is 1. The number of aromatic nitrogens is 1. The topological polar surface area (TPSA) is 62.7 Å². The molecule has 1 aromatic carbocycles. The van der Waals surface area contributed by atoms with Gasteiger partial charge in [0, 0.05) is 31.4 Å². The predicted octanol–water partition coefficient (Wildman–Crippen LogP) is 1.65. The van der Waals surface area contributed by atoms with Crippen LogP contribution in [0.1, 0.15) is 12.5 Å². The molecule has 4 rings (SSSR count). The van der Waals surface area contributed by atoms with Crippen LogP contribution in [0.5, 0.6) is 5.75 Å². The number of likely N-dealkylation sites (tertiary alicyclic amines) is 1. The molecule has 0 saturated carbocycles. The fourth-order valence-electron chi connectivity index (χ4n) is 3.49. The molecule has 3 heterocycles. The van der Waals surface area contributed by atoms with Gasteiger partial charge >= 0.3 is 0 Å². The Morgan fingerprint density at radius 1 is 1.12 bits per heavy atom. The number of carbonyl (C=O) groups excluding carboxylic acids is 2. The van der Waals surface area contributed by atoms with Crippen molar-refractivity contribution in [3.05, 3.63) is 54.4 Å². The first-order valence-electron chi connectivity index (χ1n) is 8.36. The van der Waals surface area contributed by atoms with E-state index in [0.717, 1.165) is 17.0 Å². The lowest BCUT2D eigenvalue weighted by molar-refractivity contribution is -0.142. The van der Waals surface area contributed by atoms with Gasteiger partial charge in [0.05, 0.1) is 13.1 Å². The average Bonchev–Trinajstić information content (AvgIpc) is 2.98. The van der Waals surface area contributed by atoms with E-state index in [-0.39, 0.29) is 17.9 Å². The van der Waals surface area contributed by atoms with Crippen molar-refractivity contribution in [3.8, 4) is 5.75 Å². The average molecular weight is 337 g/mol. The summed E-state index contributed by atoms with van der Waals surface area (Å²) < 4.78 is 5.82. The number of anilines is 1.